The Hall–Kier alpha value is -1.20. The number of carbonyl (C=O) groups is 2. The van der Waals surface area contributed by atoms with Crippen molar-refractivity contribution in [2.75, 3.05) is 6.54 Å². The van der Waals surface area contributed by atoms with Gasteiger partial charge in [-0.15, -0.1) is 0 Å². The van der Waals surface area contributed by atoms with E-state index in [1.807, 2.05) is 6.08 Å². The summed E-state index contributed by atoms with van der Waals surface area (Å²) in [5, 5.41) is 13.1. The average Bonchev–Trinajstić information content (AvgIpc) is 3.42. The first-order valence-electron chi connectivity index (χ1n) is 12.6. The fraction of sp³-hybridized carbons (Fsp3) is 0.846. The Morgan fingerprint density at radius 2 is 2.06 bits per heavy atom. The van der Waals surface area contributed by atoms with Crippen LogP contribution < -0.4 is 5.32 Å². The second-order valence-electron chi connectivity index (χ2n) is 11.2. The fourth-order valence-corrected chi connectivity index (χ4v) is 7.78. The minimum Gasteiger partial charge on any atom is -0.481 e. The molecule has 5 nitrogen and oxygen atoms in total. The Labute approximate surface area is 187 Å². The van der Waals surface area contributed by atoms with E-state index in [1.54, 1.807) is 0 Å². The van der Waals surface area contributed by atoms with E-state index < -0.39 is 5.97 Å². The molecule has 0 aromatic carbocycles. The van der Waals surface area contributed by atoms with Gasteiger partial charge in [0.25, 0.3) is 0 Å². The van der Waals surface area contributed by atoms with Crippen LogP contribution in [0, 0.1) is 22.7 Å². The maximum absolute atomic E-state index is 12.3. The summed E-state index contributed by atoms with van der Waals surface area (Å²) in [5.41, 5.74) is 1.21. The summed E-state index contributed by atoms with van der Waals surface area (Å²) in [7, 11) is 0. The number of epoxide rings is 1. The van der Waals surface area contributed by atoms with Gasteiger partial charge in [0.15, 0.2) is 5.78 Å². The number of rotatable bonds is 9. The van der Waals surface area contributed by atoms with E-state index in [4.69, 9.17) is 4.74 Å². The molecule has 174 valence electrons. The highest BCUT2D eigenvalue weighted by molar-refractivity contribution is 5.92. The highest BCUT2D eigenvalue weighted by Gasteiger charge is 2.79. The van der Waals surface area contributed by atoms with Crippen LogP contribution in [0.1, 0.15) is 91.9 Å². The predicted molar refractivity (Wildman–Crippen MR) is 121 cm³/mol. The second-order valence-corrected chi connectivity index (χ2v) is 11.2. The van der Waals surface area contributed by atoms with Crippen LogP contribution in [0.5, 0.6) is 0 Å². The molecule has 4 aliphatic rings. The van der Waals surface area contributed by atoms with Gasteiger partial charge in [0.1, 0.15) is 5.60 Å². The van der Waals surface area contributed by atoms with E-state index in [1.165, 1.54) is 5.57 Å². The van der Waals surface area contributed by atoms with Crippen LogP contribution in [0.2, 0.25) is 0 Å². The van der Waals surface area contributed by atoms with Gasteiger partial charge in [-0.05, 0) is 68.9 Å². The van der Waals surface area contributed by atoms with Crippen molar-refractivity contribution >= 4 is 11.8 Å². The van der Waals surface area contributed by atoms with Crippen LogP contribution in [-0.4, -0.2) is 41.2 Å². The summed E-state index contributed by atoms with van der Waals surface area (Å²) in [4.78, 5) is 23.5. The van der Waals surface area contributed by atoms with Crippen LogP contribution in [0.15, 0.2) is 11.6 Å². The summed E-state index contributed by atoms with van der Waals surface area (Å²) in [6.07, 6.45) is 11.0. The molecule has 2 unspecified atom stereocenters. The Morgan fingerprint density at radius 1 is 1.29 bits per heavy atom. The number of nitrogens with one attached hydrogen (secondary N) is 1. The molecule has 4 rings (SSSR count). The van der Waals surface area contributed by atoms with Crippen molar-refractivity contribution in [1.82, 2.24) is 5.32 Å². The van der Waals surface area contributed by atoms with Gasteiger partial charge in [-0.25, -0.2) is 0 Å². The minimum atomic E-state index is -0.696. The number of ketones is 1. The van der Waals surface area contributed by atoms with Crippen molar-refractivity contribution in [1.29, 1.82) is 0 Å². The largest absolute Gasteiger partial charge is 0.481 e. The van der Waals surface area contributed by atoms with E-state index in [9.17, 15) is 14.7 Å². The topological polar surface area (TPSA) is 78.9 Å². The van der Waals surface area contributed by atoms with Gasteiger partial charge < -0.3 is 15.2 Å². The highest BCUT2D eigenvalue weighted by Crippen LogP contribution is 2.73. The number of aliphatic carboxylic acids is 1. The Kier molecular flexibility index (Phi) is 6.15. The van der Waals surface area contributed by atoms with Gasteiger partial charge in [-0.2, -0.15) is 0 Å². The van der Waals surface area contributed by atoms with Crippen LogP contribution in [-0.2, 0) is 14.3 Å². The maximum atomic E-state index is 12.3. The lowest BCUT2D eigenvalue weighted by Crippen LogP contribution is -2.64. The molecule has 3 fully saturated rings. The van der Waals surface area contributed by atoms with Gasteiger partial charge in [0.05, 0.1) is 6.10 Å². The van der Waals surface area contributed by atoms with Crippen molar-refractivity contribution in [3.05, 3.63) is 11.6 Å². The summed E-state index contributed by atoms with van der Waals surface area (Å²) in [5.74, 6) is 0.504. The van der Waals surface area contributed by atoms with Crippen LogP contribution >= 0.6 is 0 Å². The highest BCUT2D eigenvalue weighted by atomic mass is 16.6. The van der Waals surface area contributed by atoms with Crippen LogP contribution in [0.3, 0.4) is 0 Å². The summed E-state index contributed by atoms with van der Waals surface area (Å²) >= 11 is 0. The molecule has 1 aliphatic heterocycles. The molecule has 1 spiro atoms. The molecule has 31 heavy (non-hydrogen) atoms. The molecular formula is C26H41NO4. The summed E-state index contributed by atoms with van der Waals surface area (Å²) in [6.45, 7) is 10.2. The molecule has 5 heteroatoms. The summed E-state index contributed by atoms with van der Waals surface area (Å²) < 4.78 is 6.78. The zero-order valence-corrected chi connectivity index (χ0v) is 19.8. The molecular weight excluding hydrogens is 390 g/mol. The van der Waals surface area contributed by atoms with E-state index in [-0.39, 0.29) is 34.7 Å². The molecule has 1 heterocycles. The minimum absolute atomic E-state index is 0.0466. The molecule has 1 saturated heterocycles. The zero-order valence-electron chi connectivity index (χ0n) is 19.8. The number of carboxylic acids is 1. The van der Waals surface area contributed by atoms with Gasteiger partial charge in [0.2, 0.25) is 0 Å². The zero-order chi connectivity index (χ0) is 22.4. The average molecular weight is 432 g/mol. The van der Waals surface area contributed by atoms with E-state index >= 15 is 0 Å². The Balaban J connectivity index is 1.72. The van der Waals surface area contributed by atoms with Crippen LogP contribution in [0.25, 0.3) is 0 Å². The number of ether oxygens (including phenoxy) is 1. The van der Waals surface area contributed by atoms with Crippen LogP contribution in [0.4, 0.5) is 0 Å². The van der Waals surface area contributed by atoms with Crippen molar-refractivity contribution < 1.29 is 19.4 Å². The third-order valence-electron chi connectivity index (χ3n) is 9.28. The Bertz CT molecular complexity index is 763. The summed E-state index contributed by atoms with van der Waals surface area (Å²) in [6, 6.07) is 0.325. The smallest absolute Gasteiger partial charge is 0.303 e. The molecule has 0 radical (unpaired) electrons. The third kappa shape index (κ3) is 3.60. The lowest BCUT2D eigenvalue weighted by molar-refractivity contribution is -0.137. The SMILES string of the molecule is CCCN[C@@H]1CC2=CC(=O)CC[C@]2(C)[C@@]23O[C@@H]2C[C@](C)(CCCC(=O)O)C(CCC)C13. The molecule has 3 aliphatic carbocycles. The van der Waals surface area contributed by atoms with E-state index in [0.29, 0.717) is 24.3 Å². The molecule has 0 aromatic heterocycles. The molecule has 0 amide bonds. The van der Waals surface area contributed by atoms with Gasteiger partial charge >= 0.3 is 5.97 Å². The monoisotopic (exact) mass is 431 g/mol. The molecule has 2 N–H and O–H groups in total. The van der Waals surface area contributed by atoms with Crippen molar-refractivity contribution in [2.45, 2.75) is 110 Å². The quantitative estimate of drug-likeness (QED) is 0.508. The molecule has 0 aromatic rings. The molecule has 0 bridgehead atoms. The maximum Gasteiger partial charge on any atom is 0.303 e. The third-order valence-corrected chi connectivity index (χ3v) is 9.28. The number of fused-ring (bicyclic) bond motifs is 1. The normalized spacial score (nSPS) is 43.5. The second kappa shape index (κ2) is 8.30. The van der Waals surface area contributed by atoms with E-state index in [0.717, 1.165) is 57.9 Å². The van der Waals surface area contributed by atoms with Gasteiger partial charge in [-0.1, -0.05) is 39.7 Å². The van der Waals surface area contributed by atoms with Crippen molar-refractivity contribution in [3.8, 4) is 0 Å². The number of carbonyl (C=O) groups excluding carboxylic acids is 1. The lowest BCUT2D eigenvalue weighted by Gasteiger charge is -2.59. The molecule has 2 saturated carbocycles. The van der Waals surface area contributed by atoms with E-state index in [2.05, 4.69) is 33.0 Å². The first kappa shape index (κ1) is 23.0. The Morgan fingerprint density at radius 3 is 2.74 bits per heavy atom. The van der Waals surface area contributed by atoms with Gasteiger partial charge in [0, 0.05) is 30.2 Å². The molecule has 7 atom stereocenters. The predicted octanol–water partition coefficient (Wildman–Crippen LogP) is 4.89. The number of hydrogen-bond acceptors (Lipinski definition) is 4. The lowest BCUT2D eigenvalue weighted by atomic mass is 9.44. The first-order chi connectivity index (χ1) is 14.7. The van der Waals surface area contributed by atoms with Gasteiger partial charge in [-0.3, -0.25) is 9.59 Å². The van der Waals surface area contributed by atoms with Crippen molar-refractivity contribution in [3.63, 3.8) is 0 Å². The number of carboxylic acid groups (broad SMARTS) is 1. The fourth-order valence-electron chi connectivity index (χ4n) is 7.78. The standard InChI is InChI=1S/C26H41NO4/c1-5-8-19-23-20(27-13-6-2)15-17-14-18(28)10-12-25(17,4)26(23)21(31-26)16-24(19,3)11-7-9-22(29)30/h14,19-21,23,27H,5-13,15-16H2,1-4H3,(H,29,30)/t19?,20-,21-,23?,24+,25+,26-/m1/s1. The number of allylic oxidation sites excluding steroid dienone is 1. The van der Waals surface area contributed by atoms with Crippen molar-refractivity contribution in [2.24, 2.45) is 22.7 Å². The number of hydrogen-bond donors (Lipinski definition) is 2. The first-order valence-corrected chi connectivity index (χ1v) is 12.6.